The number of para-hydroxylation sites is 1. The molecule has 0 heterocycles. The minimum atomic E-state index is -0.237. The van der Waals surface area contributed by atoms with Crippen LogP contribution in [0.25, 0.3) is 0 Å². The Morgan fingerprint density at radius 3 is 2.42 bits per heavy atom. The normalized spacial score (nSPS) is 13.3. The fraction of sp³-hybridized carbons (Fsp3) is 0.333. The molecule has 0 saturated heterocycles. The lowest BCUT2D eigenvalue weighted by molar-refractivity contribution is -0.118. The van der Waals surface area contributed by atoms with Crippen molar-refractivity contribution in [3.63, 3.8) is 0 Å². The predicted molar refractivity (Wildman–Crippen MR) is 102 cm³/mol. The second-order valence-electron chi connectivity index (χ2n) is 6.85. The van der Waals surface area contributed by atoms with Crippen LogP contribution in [0.4, 0.5) is 5.69 Å². The van der Waals surface area contributed by atoms with Gasteiger partial charge in [0.25, 0.3) is 11.8 Å². The van der Waals surface area contributed by atoms with E-state index in [4.69, 9.17) is 4.74 Å². The van der Waals surface area contributed by atoms with Crippen LogP contribution in [0.15, 0.2) is 48.5 Å². The summed E-state index contributed by atoms with van der Waals surface area (Å²) in [5, 5.41) is 5.72. The van der Waals surface area contributed by atoms with Crippen molar-refractivity contribution < 1.29 is 14.3 Å². The first-order valence-electron chi connectivity index (χ1n) is 8.95. The molecule has 1 saturated carbocycles. The van der Waals surface area contributed by atoms with Crippen LogP contribution in [0.1, 0.15) is 48.5 Å². The van der Waals surface area contributed by atoms with Crippen LogP contribution in [-0.2, 0) is 4.79 Å². The Hall–Kier alpha value is -2.82. The summed E-state index contributed by atoms with van der Waals surface area (Å²) in [6.07, 6.45) is 2.11. The molecule has 3 rings (SSSR count). The van der Waals surface area contributed by atoms with E-state index < -0.39 is 0 Å². The van der Waals surface area contributed by atoms with Crippen LogP contribution in [0.3, 0.4) is 0 Å². The summed E-state index contributed by atoms with van der Waals surface area (Å²) in [5.41, 5.74) is 2.31. The molecular formula is C21H24N2O3. The van der Waals surface area contributed by atoms with E-state index in [9.17, 15) is 9.59 Å². The van der Waals surface area contributed by atoms with E-state index in [0.29, 0.717) is 23.2 Å². The molecule has 136 valence electrons. The second kappa shape index (κ2) is 8.04. The summed E-state index contributed by atoms with van der Waals surface area (Å²) in [6.45, 7) is 4.11. The molecule has 2 amide bonds. The molecule has 5 nitrogen and oxygen atoms in total. The molecule has 0 spiro atoms. The number of anilines is 1. The quantitative estimate of drug-likeness (QED) is 0.798. The number of carbonyl (C=O) groups excluding carboxylic acids is 2. The monoisotopic (exact) mass is 352 g/mol. The SMILES string of the molecule is CC(C)c1ccccc1OCC(=O)Nc1ccc(C(=O)NC2CC2)cc1. The maximum Gasteiger partial charge on any atom is 0.262 e. The molecule has 26 heavy (non-hydrogen) atoms. The highest BCUT2D eigenvalue weighted by atomic mass is 16.5. The average molecular weight is 352 g/mol. The van der Waals surface area contributed by atoms with Gasteiger partial charge in [-0.3, -0.25) is 9.59 Å². The third-order valence-corrected chi connectivity index (χ3v) is 4.24. The lowest BCUT2D eigenvalue weighted by Crippen LogP contribution is -2.25. The Morgan fingerprint density at radius 2 is 1.77 bits per heavy atom. The highest BCUT2D eigenvalue weighted by Gasteiger charge is 2.23. The number of carbonyl (C=O) groups is 2. The summed E-state index contributed by atoms with van der Waals surface area (Å²) in [7, 11) is 0. The van der Waals surface area contributed by atoms with Gasteiger partial charge in [0.05, 0.1) is 0 Å². The van der Waals surface area contributed by atoms with Gasteiger partial charge in [-0.1, -0.05) is 32.0 Å². The Bertz CT molecular complexity index is 780. The summed E-state index contributed by atoms with van der Waals surface area (Å²) >= 11 is 0. The van der Waals surface area contributed by atoms with Crippen LogP contribution in [0.5, 0.6) is 5.75 Å². The summed E-state index contributed by atoms with van der Waals surface area (Å²) < 4.78 is 5.67. The minimum Gasteiger partial charge on any atom is -0.483 e. The molecule has 0 aliphatic heterocycles. The highest BCUT2D eigenvalue weighted by Crippen LogP contribution is 2.25. The van der Waals surface area contributed by atoms with E-state index >= 15 is 0 Å². The standard InChI is InChI=1S/C21H24N2O3/c1-14(2)18-5-3-4-6-19(18)26-13-20(24)22-16-9-7-15(8-10-16)21(25)23-17-11-12-17/h3-10,14,17H,11-13H2,1-2H3,(H,22,24)(H,23,25). The zero-order valence-electron chi connectivity index (χ0n) is 15.1. The number of hydrogen-bond donors (Lipinski definition) is 2. The second-order valence-corrected chi connectivity index (χ2v) is 6.85. The third-order valence-electron chi connectivity index (χ3n) is 4.24. The fourth-order valence-corrected chi connectivity index (χ4v) is 2.63. The topological polar surface area (TPSA) is 67.4 Å². The molecule has 2 aromatic rings. The Kier molecular flexibility index (Phi) is 5.56. The van der Waals surface area contributed by atoms with Crippen molar-refractivity contribution in [2.75, 3.05) is 11.9 Å². The van der Waals surface area contributed by atoms with Gasteiger partial charge in [0, 0.05) is 17.3 Å². The molecule has 5 heteroatoms. The number of rotatable bonds is 7. The van der Waals surface area contributed by atoms with Crippen molar-refractivity contribution in [1.29, 1.82) is 0 Å². The van der Waals surface area contributed by atoms with Crippen molar-refractivity contribution >= 4 is 17.5 Å². The van der Waals surface area contributed by atoms with E-state index in [2.05, 4.69) is 24.5 Å². The van der Waals surface area contributed by atoms with E-state index in [0.717, 1.165) is 24.2 Å². The smallest absolute Gasteiger partial charge is 0.262 e. The van der Waals surface area contributed by atoms with Gasteiger partial charge >= 0.3 is 0 Å². The lowest BCUT2D eigenvalue weighted by Gasteiger charge is -2.13. The zero-order chi connectivity index (χ0) is 18.5. The third kappa shape index (κ3) is 4.85. The maximum atomic E-state index is 12.1. The molecule has 0 aromatic heterocycles. The molecule has 2 N–H and O–H groups in total. The van der Waals surface area contributed by atoms with Gasteiger partial charge in [0.1, 0.15) is 5.75 Å². The molecule has 0 bridgehead atoms. The lowest BCUT2D eigenvalue weighted by atomic mass is 10.0. The van der Waals surface area contributed by atoms with Gasteiger partial charge in [-0.2, -0.15) is 0 Å². The van der Waals surface area contributed by atoms with Crippen LogP contribution < -0.4 is 15.4 Å². The van der Waals surface area contributed by atoms with Gasteiger partial charge in [-0.15, -0.1) is 0 Å². The molecule has 0 unspecified atom stereocenters. The van der Waals surface area contributed by atoms with Gasteiger partial charge in [0.15, 0.2) is 6.61 Å². The van der Waals surface area contributed by atoms with Gasteiger partial charge < -0.3 is 15.4 Å². The molecule has 0 radical (unpaired) electrons. The van der Waals surface area contributed by atoms with E-state index in [-0.39, 0.29) is 18.4 Å². The van der Waals surface area contributed by atoms with E-state index in [1.807, 2.05) is 24.3 Å². The number of hydrogen-bond acceptors (Lipinski definition) is 3. The van der Waals surface area contributed by atoms with Crippen molar-refractivity contribution in [3.8, 4) is 5.75 Å². The molecule has 1 aliphatic carbocycles. The van der Waals surface area contributed by atoms with Crippen molar-refractivity contribution in [2.45, 2.75) is 38.6 Å². The summed E-state index contributed by atoms with van der Waals surface area (Å²) in [6, 6.07) is 14.9. The van der Waals surface area contributed by atoms with Gasteiger partial charge in [0.2, 0.25) is 0 Å². The highest BCUT2D eigenvalue weighted by molar-refractivity contribution is 5.96. The van der Waals surface area contributed by atoms with Gasteiger partial charge in [-0.05, 0) is 54.7 Å². The Morgan fingerprint density at radius 1 is 1.08 bits per heavy atom. The molecule has 1 aliphatic rings. The molecule has 1 fully saturated rings. The van der Waals surface area contributed by atoms with Crippen LogP contribution in [-0.4, -0.2) is 24.5 Å². The number of nitrogens with one attached hydrogen (secondary N) is 2. The summed E-state index contributed by atoms with van der Waals surface area (Å²) in [5.74, 6) is 0.742. The van der Waals surface area contributed by atoms with E-state index in [1.165, 1.54) is 0 Å². The van der Waals surface area contributed by atoms with Crippen LogP contribution in [0.2, 0.25) is 0 Å². The Balaban J connectivity index is 1.52. The predicted octanol–water partition coefficient (Wildman–Crippen LogP) is 3.72. The fourth-order valence-electron chi connectivity index (χ4n) is 2.63. The van der Waals surface area contributed by atoms with Crippen LogP contribution in [0, 0.1) is 0 Å². The number of amides is 2. The van der Waals surface area contributed by atoms with Crippen LogP contribution >= 0.6 is 0 Å². The van der Waals surface area contributed by atoms with Crippen molar-refractivity contribution in [1.82, 2.24) is 5.32 Å². The summed E-state index contributed by atoms with van der Waals surface area (Å²) in [4.78, 5) is 24.1. The molecule has 0 atom stereocenters. The first-order valence-corrected chi connectivity index (χ1v) is 8.95. The first kappa shape index (κ1) is 18.0. The average Bonchev–Trinajstić information content (AvgIpc) is 3.44. The van der Waals surface area contributed by atoms with E-state index in [1.54, 1.807) is 24.3 Å². The van der Waals surface area contributed by atoms with Crippen molar-refractivity contribution in [2.24, 2.45) is 0 Å². The minimum absolute atomic E-state index is 0.0619. The molecule has 2 aromatic carbocycles. The van der Waals surface area contributed by atoms with Crippen molar-refractivity contribution in [3.05, 3.63) is 59.7 Å². The molecular weight excluding hydrogens is 328 g/mol. The Labute approximate surface area is 153 Å². The largest absolute Gasteiger partial charge is 0.483 e. The van der Waals surface area contributed by atoms with Gasteiger partial charge in [-0.25, -0.2) is 0 Å². The zero-order valence-corrected chi connectivity index (χ0v) is 15.1. The maximum absolute atomic E-state index is 12.1. The number of benzene rings is 2. The number of ether oxygens (including phenoxy) is 1. The first-order chi connectivity index (χ1) is 12.5.